The Kier molecular flexibility index (Phi) is 6.79. The van der Waals surface area contributed by atoms with Crippen molar-refractivity contribution >= 4 is 17.5 Å². The van der Waals surface area contributed by atoms with Crippen molar-refractivity contribution in [1.29, 1.82) is 0 Å². The molecule has 0 aromatic heterocycles. The average molecular weight is 264 g/mol. The van der Waals surface area contributed by atoms with Gasteiger partial charge in [0.1, 0.15) is 0 Å². The van der Waals surface area contributed by atoms with Gasteiger partial charge in [-0.1, -0.05) is 19.4 Å². The van der Waals surface area contributed by atoms with E-state index in [1.165, 1.54) is 0 Å². The van der Waals surface area contributed by atoms with E-state index in [0.717, 1.165) is 37.3 Å². The smallest absolute Gasteiger partial charge is 0.411 e. The van der Waals surface area contributed by atoms with E-state index in [9.17, 15) is 4.79 Å². The molecule has 0 fully saturated rings. The van der Waals surface area contributed by atoms with E-state index >= 15 is 0 Å². The molecule has 1 aromatic rings. The first-order valence-electron chi connectivity index (χ1n) is 7.00. The third-order valence-electron chi connectivity index (χ3n) is 2.95. The zero-order valence-electron chi connectivity index (χ0n) is 12.1. The lowest BCUT2D eigenvalue weighted by atomic mass is 10.2. The van der Waals surface area contributed by atoms with Gasteiger partial charge in [0.2, 0.25) is 0 Å². The Hall–Kier alpha value is -1.71. The van der Waals surface area contributed by atoms with Crippen LogP contribution < -0.4 is 10.2 Å². The fourth-order valence-electron chi connectivity index (χ4n) is 1.83. The minimum Gasteiger partial charge on any atom is -0.449 e. The van der Waals surface area contributed by atoms with Crippen LogP contribution in [0.4, 0.5) is 16.2 Å². The number of hydrogen-bond acceptors (Lipinski definition) is 3. The summed E-state index contributed by atoms with van der Waals surface area (Å²) in [5.74, 6) is 0. The van der Waals surface area contributed by atoms with E-state index in [1.807, 2.05) is 24.3 Å². The van der Waals surface area contributed by atoms with Gasteiger partial charge in [0.25, 0.3) is 0 Å². The summed E-state index contributed by atoms with van der Waals surface area (Å²) in [5.41, 5.74) is 1.88. The fraction of sp³-hybridized carbons (Fsp3) is 0.533. The number of amides is 1. The number of carbonyl (C=O) groups excluding carboxylic acids is 1. The van der Waals surface area contributed by atoms with E-state index in [-0.39, 0.29) is 6.09 Å². The van der Waals surface area contributed by atoms with Crippen molar-refractivity contribution in [2.45, 2.75) is 33.6 Å². The van der Waals surface area contributed by atoms with Crippen LogP contribution in [0.2, 0.25) is 0 Å². The van der Waals surface area contributed by atoms with Crippen LogP contribution in [0.5, 0.6) is 0 Å². The van der Waals surface area contributed by atoms with Gasteiger partial charge < -0.3 is 9.64 Å². The largest absolute Gasteiger partial charge is 0.449 e. The van der Waals surface area contributed by atoms with Gasteiger partial charge in [-0.25, -0.2) is 4.79 Å². The number of hydrogen-bond donors (Lipinski definition) is 1. The lowest BCUT2D eigenvalue weighted by Gasteiger charge is -2.21. The van der Waals surface area contributed by atoms with Crippen LogP contribution in [0.15, 0.2) is 24.3 Å². The summed E-state index contributed by atoms with van der Waals surface area (Å²) in [6.45, 7) is 8.65. The minimum atomic E-state index is -0.384. The third-order valence-corrected chi connectivity index (χ3v) is 2.95. The molecule has 1 amide bonds. The maximum atomic E-state index is 11.6. The molecule has 0 bridgehead atoms. The zero-order valence-corrected chi connectivity index (χ0v) is 12.1. The van der Waals surface area contributed by atoms with Crippen molar-refractivity contribution in [2.75, 3.05) is 29.9 Å². The molecule has 4 nitrogen and oxygen atoms in total. The predicted octanol–water partition coefficient (Wildman–Crippen LogP) is 3.88. The van der Waals surface area contributed by atoms with Gasteiger partial charge in [-0.2, -0.15) is 0 Å². The molecule has 0 aliphatic rings. The van der Waals surface area contributed by atoms with Crippen LogP contribution in [0.1, 0.15) is 33.6 Å². The second kappa shape index (κ2) is 8.40. The van der Waals surface area contributed by atoms with E-state index < -0.39 is 0 Å². The summed E-state index contributed by atoms with van der Waals surface area (Å²) >= 11 is 0. The molecule has 1 rings (SSSR count). The van der Waals surface area contributed by atoms with Gasteiger partial charge in [-0.15, -0.1) is 0 Å². The minimum absolute atomic E-state index is 0.384. The van der Waals surface area contributed by atoms with Gasteiger partial charge >= 0.3 is 6.09 Å². The Morgan fingerprint density at radius 3 is 2.63 bits per heavy atom. The molecule has 1 N–H and O–H groups in total. The number of unbranched alkanes of at least 4 members (excludes halogenated alkanes) is 1. The molecule has 0 atom stereocenters. The van der Waals surface area contributed by atoms with Crippen molar-refractivity contribution in [3.05, 3.63) is 24.3 Å². The fourth-order valence-corrected chi connectivity index (χ4v) is 1.83. The summed E-state index contributed by atoms with van der Waals surface area (Å²) in [6.07, 6.45) is 1.53. The predicted molar refractivity (Wildman–Crippen MR) is 79.9 cm³/mol. The zero-order chi connectivity index (χ0) is 14.1. The Bertz CT molecular complexity index is 389. The highest BCUT2D eigenvalue weighted by Crippen LogP contribution is 2.19. The van der Waals surface area contributed by atoms with Crippen molar-refractivity contribution < 1.29 is 9.53 Å². The number of nitrogens with one attached hydrogen (secondary N) is 1. The standard InChI is InChI=1S/C15H24N2O2/c1-4-7-11-19-15(18)16-13-9-8-10-14(12-13)17(5-2)6-3/h8-10,12H,4-7,11H2,1-3H3,(H,16,18). The number of benzene rings is 1. The molecular weight excluding hydrogens is 240 g/mol. The number of anilines is 2. The number of rotatable bonds is 7. The highest BCUT2D eigenvalue weighted by atomic mass is 16.5. The number of nitrogens with zero attached hydrogens (tertiary/aromatic N) is 1. The van der Waals surface area contributed by atoms with E-state index in [4.69, 9.17) is 4.74 Å². The molecule has 0 spiro atoms. The Labute approximate surface area is 115 Å². The monoisotopic (exact) mass is 264 g/mol. The van der Waals surface area contributed by atoms with Crippen molar-refractivity contribution in [3.8, 4) is 0 Å². The summed E-state index contributed by atoms with van der Waals surface area (Å²) in [4.78, 5) is 13.8. The average Bonchev–Trinajstić information content (AvgIpc) is 2.41. The lowest BCUT2D eigenvalue weighted by Crippen LogP contribution is -2.22. The van der Waals surface area contributed by atoms with Gasteiger partial charge in [0.05, 0.1) is 6.61 Å². The van der Waals surface area contributed by atoms with E-state index in [2.05, 4.69) is 31.0 Å². The number of ether oxygens (including phenoxy) is 1. The molecule has 4 heteroatoms. The normalized spacial score (nSPS) is 10.1. The molecular formula is C15H24N2O2. The van der Waals surface area contributed by atoms with Gasteiger partial charge in [-0.05, 0) is 38.5 Å². The van der Waals surface area contributed by atoms with E-state index in [0.29, 0.717) is 6.61 Å². The molecule has 0 aliphatic carbocycles. The molecule has 0 heterocycles. The summed E-state index contributed by atoms with van der Waals surface area (Å²) < 4.78 is 5.08. The Morgan fingerprint density at radius 2 is 2.00 bits per heavy atom. The molecule has 0 aliphatic heterocycles. The van der Waals surface area contributed by atoms with Gasteiger partial charge in [-0.3, -0.25) is 5.32 Å². The first-order valence-corrected chi connectivity index (χ1v) is 7.00. The summed E-state index contributed by atoms with van der Waals surface area (Å²) in [6, 6.07) is 7.82. The van der Waals surface area contributed by atoms with Crippen LogP contribution in [-0.4, -0.2) is 25.8 Å². The molecule has 0 saturated heterocycles. The SMILES string of the molecule is CCCCOC(=O)Nc1cccc(N(CC)CC)c1. The highest BCUT2D eigenvalue weighted by Gasteiger charge is 2.06. The third kappa shape index (κ3) is 5.20. The van der Waals surface area contributed by atoms with Crippen LogP contribution in [0.3, 0.4) is 0 Å². The van der Waals surface area contributed by atoms with Crippen molar-refractivity contribution in [3.63, 3.8) is 0 Å². The van der Waals surface area contributed by atoms with Crippen molar-refractivity contribution in [1.82, 2.24) is 0 Å². The lowest BCUT2D eigenvalue weighted by molar-refractivity contribution is 0.160. The van der Waals surface area contributed by atoms with Crippen LogP contribution in [0.25, 0.3) is 0 Å². The topological polar surface area (TPSA) is 41.6 Å². The maximum absolute atomic E-state index is 11.6. The second-order valence-corrected chi connectivity index (χ2v) is 4.34. The van der Waals surface area contributed by atoms with Crippen LogP contribution in [0, 0.1) is 0 Å². The summed E-state index contributed by atoms with van der Waals surface area (Å²) in [5, 5.41) is 2.76. The maximum Gasteiger partial charge on any atom is 0.411 e. The molecule has 0 unspecified atom stereocenters. The Morgan fingerprint density at radius 1 is 1.26 bits per heavy atom. The molecule has 1 aromatic carbocycles. The molecule has 0 radical (unpaired) electrons. The Balaban J connectivity index is 2.59. The number of carbonyl (C=O) groups is 1. The summed E-state index contributed by atoms with van der Waals surface area (Å²) in [7, 11) is 0. The quantitative estimate of drug-likeness (QED) is 0.760. The highest BCUT2D eigenvalue weighted by molar-refractivity contribution is 5.85. The van der Waals surface area contributed by atoms with Crippen LogP contribution in [-0.2, 0) is 4.74 Å². The van der Waals surface area contributed by atoms with E-state index in [1.54, 1.807) is 0 Å². The van der Waals surface area contributed by atoms with Gasteiger partial charge in [0, 0.05) is 24.5 Å². The first kappa shape index (κ1) is 15.3. The van der Waals surface area contributed by atoms with Crippen LogP contribution >= 0.6 is 0 Å². The molecule has 19 heavy (non-hydrogen) atoms. The van der Waals surface area contributed by atoms with Gasteiger partial charge in [0.15, 0.2) is 0 Å². The molecule has 106 valence electrons. The van der Waals surface area contributed by atoms with Crippen molar-refractivity contribution in [2.24, 2.45) is 0 Å². The second-order valence-electron chi connectivity index (χ2n) is 4.34. The molecule has 0 saturated carbocycles. The first-order chi connectivity index (χ1) is 9.21.